The van der Waals surface area contributed by atoms with Crippen molar-refractivity contribution in [2.45, 2.75) is 16.3 Å². The normalized spacial score (nSPS) is 12.3. The maximum Gasteiger partial charge on any atom is 0.296 e. The van der Waals surface area contributed by atoms with Crippen LogP contribution in [-0.4, -0.2) is 31.0 Å². The van der Waals surface area contributed by atoms with E-state index in [1.165, 1.54) is 42.5 Å². The van der Waals surface area contributed by atoms with E-state index in [9.17, 15) is 26.5 Å². The third-order valence-corrected chi connectivity index (χ3v) is 8.07. The van der Waals surface area contributed by atoms with Gasteiger partial charge in [-0.05, 0) is 95.9 Å². The lowest BCUT2D eigenvalue weighted by Crippen LogP contribution is -2.01. The molecule has 0 aliphatic rings. The zero-order chi connectivity index (χ0) is 31.5. The van der Waals surface area contributed by atoms with Gasteiger partial charge in [0.1, 0.15) is 10.6 Å². The fourth-order valence-corrected chi connectivity index (χ4v) is 5.23. The number of nitrogen functional groups attached to an aromatic ring is 1. The average molecular weight is 633 g/mol. The maximum atomic E-state index is 12.2. The summed E-state index contributed by atoms with van der Waals surface area (Å²) in [5.41, 5.74) is 8.59. The largest absolute Gasteiger partial charge is 0.505 e. The molecule has 0 unspecified atom stereocenters. The van der Waals surface area contributed by atoms with Crippen LogP contribution in [0.3, 0.4) is 0 Å². The molecular formula is C29H24N6O7S2. The summed E-state index contributed by atoms with van der Waals surface area (Å²) in [6.07, 6.45) is 0. The van der Waals surface area contributed by atoms with Crippen LogP contribution in [0.5, 0.6) is 5.75 Å². The number of azo groups is 2. The number of nitrogens with one attached hydrogen (secondary N) is 1. The van der Waals surface area contributed by atoms with Crippen molar-refractivity contribution in [3.8, 4) is 5.75 Å². The number of benzene rings is 5. The van der Waals surface area contributed by atoms with Gasteiger partial charge < -0.3 is 16.2 Å². The summed E-state index contributed by atoms with van der Waals surface area (Å²) in [4.78, 5) is -0.889. The Hall–Kier alpha value is -5.22. The molecule has 0 aliphatic heterocycles. The summed E-state index contributed by atoms with van der Waals surface area (Å²) in [5.74, 6) is -0.477. The van der Waals surface area contributed by atoms with Crippen LogP contribution < -0.4 is 11.1 Å². The van der Waals surface area contributed by atoms with E-state index >= 15 is 0 Å². The SMILES string of the molecule is Nc1ccc(CNc2ccc3c(O)c(N=Nc4ccc(N=Nc5ccc(S(=O)(=O)O)cc5)cc4)c(S(=O)(=O)O)cc3c2)cc1. The van der Waals surface area contributed by atoms with Gasteiger partial charge in [-0.3, -0.25) is 9.11 Å². The maximum absolute atomic E-state index is 12.2. The molecule has 15 heteroatoms. The van der Waals surface area contributed by atoms with E-state index in [0.717, 1.165) is 5.56 Å². The molecule has 0 saturated carbocycles. The molecule has 0 saturated heterocycles. The number of anilines is 2. The van der Waals surface area contributed by atoms with E-state index in [4.69, 9.17) is 10.3 Å². The van der Waals surface area contributed by atoms with Crippen molar-refractivity contribution in [2.24, 2.45) is 20.5 Å². The molecule has 0 radical (unpaired) electrons. The lowest BCUT2D eigenvalue weighted by atomic mass is 10.1. The van der Waals surface area contributed by atoms with Crippen molar-refractivity contribution in [1.29, 1.82) is 0 Å². The van der Waals surface area contributed by atoms with Crippen LogP contribution in [-0.2, 0) is 26.8 Å². The van der Waals surface area contributed by atoms with Gasteiger partial charge in [0, 0.05) is 23.3 Å². The smallest absolute Gasteiger partial charge is 0.296 e. The number of rotatable bonds is 9. The monoisotopic (exact) mass is 632 g/mol. The van der Waals surface area contributed by atoms with Gasteiger partial charge in [-0.25, -0.2) is 0 Å². The fourth-order valence-electron chi connectivity index (χ4n) is 4.09. The highest BCUT2D eigenvalue weighted by molar-refractivity contribution is 7.86. The first-order valence-electron chi connectivity index (χ1n) is 12.7. The van der Waals surface area contributed by atoms with Crippen LogP contribution in [0, 0.1) is 0 Å². The van der Waals surface area contributed by atoms with Crippen molar-refractivity contribution in [3.05, 3.63) is 103 Å². The minimum atomic E-state index is -4.80. The van der Waals surface area contributed by atoms with Gasteiger partial charge in [0.05, 0.1) is 22.0 Å². The van der Waals surface area contributed by atoms with E-state index < -0.39 is 36.6 Å². The van der Waals surface area contributed by atoms with Crippen LogP contribution in [0.2, 0.25) is 0 Å². The Kier molecular flexibility index (Phi) is 8.37. The first-order chi connectivity index (χ1) is 20.9. The van der Waals surface area contributed by atoms with Crippen LogP contribution in [0.15, 0.2) is 127 Å². The highest BCUT2D eigenvalue weighted by atomic mass is 32.2. The van der Waals surface area contributed by atoms with Gasteiger partial charge >= 0.3 is 0 Å². The van der Waals surface area contributed by atoms with E-state index in [1.54, 1.807) is 42.5 Å². The molecule has 0 spiro atoms. The number of nitrogens with two attached hydrogens (primary N) is 1. The van der Waals surface area contributed by atoms with Crippen molar-refractivity contribution in [1.82, 2.24) is 0 Å². The summed E-state index contributed by atoms with van der Waals surface area (Å²) in [7, 11) is -9.11. The number of hydrogen-bond donors (Lipinski definition) is 5. The lowest BCUT2D eigenvalue weighted by molar-refractivity contribution is 0.472. The molecule has 5 aromatic carbocycles. The molecule has 0 bridgehead atoms. The predicted molar refractivity (Wildman–Crippen MR) is 165 cm³/mol. The Labute approximate surface area is 251 Å². The molecule has 5 rings (SSSR count). The Morgan fingerprint density at radius 3 is 1.75 bits per heavy atom. The third kappa shape index (κ3) is 7.22. The van der Waals surface area contributed by atoms with Crippen molar-refractivity contribution in [2.75, 3.05) is 11.1 Å². The molecule has 0 atom stereocenters. The number of phenols is 1. The minimum Gasteiger partial charge on any atom is -0.505 e. The molecule has 6 N–H and O–H groups in total. The van der Waals surface area contributed by atoms with Crippen LogP contribution in [0.25, 0.3) is 10.8 Å². The Balaban J connectivity index is 1.36. The van der Waals surface area contributed by atoms with Gasteiger partial charge in [-0.1, -0.05) is 12.1 Å². The summed E-state index contributed by atoms with van der Waals surface area (Å²) in [6.45, 7) is 0.472. The van der Waals surface area contributed by atoms with Gasteiger partial charge in [0.25, 0.3) is 20.2 Å². The second kappa shape index (κ2) is 12.2. The average Bonchev–Trinajstić information content (AvgIpc) is 2.99. The van der Waals surface area contributed by atoms with Crippen molar-refractivity contribution in [3.63, 3.8) is 0 Å². The van der Waals surface area contributed by atoms with Crippen molar-refractivity contribution < 1.29 is 31.0 Å². The van der Waals surface area contributed by atoms with E-state index in [-0.39, 0.29) is 10.6 Å². The highest BCUT2D eigenvalue weighted by Gasteiger charge is 2.22. The van der Waals surface area contributed by atoms with Crippen molar-refractivity contribution >= 4 is 65.1 Å². The minimum absolute atomic E-state index is 0.270. The second-order valence-electron chi connectivity index (χ2n) is 9.46. The van der Waals surface area contributed by atoms with Gasteiger partial charge in [0.15, 0.2) is 5.75 Å². The Morgan fingerprint density at radius 1 is 0.659 bits per heavy atom. The molecule has 13 nitrogen and oxygen atoms in total. The van der Waals surface area contributed by atoms with E-state index in [0.29, 0.717) is 40.1 Å². The summed E-state index contributed by atoms with van der Waals surface area (Å²) >= 11 is 0. The predicted octanol–water partition coefficient (Wildman–Crippen LogP) is 7.06. The van der Waals surface area contributed by atoms with Crippen LogP contribution in [0.4, 0.5) is 34.1 Å². The number of fused-ring (bicyclic) bond motifs is 1. The Bertz CT molecular complexity index is 2120. The number of nitrogens with zero attached hydrogens (tertiary/aromatic N) is 4. The molecular weight excluding hydrogens is 608 g/mol. The molecule has 0 amide bonds. The quantitative estimate of drug-likeness (QED) is 0.0637. The number of aromatic hydroxyl groups is 1. The second-order valence-corrected chi connectivity index (χ2v) is 12.3. The first kappa shape index (κ1) is 30.2. The molecule has 44 heavy (non-hydrogen) atoms. The summed E-state index contributed by atoms with van der Waals surface area (Å²) < 4.78 is 65.7. The molecule has 0 heterocycles. The summed E-state index contributed by atoms with van der Waals surface area (Å²) in [5, 5.41) is 30.8. The van der Waals surface area contributed by atoms with Crippen LogP contribution >= 0.6 is 0 Å². The zero-order valence-electron chi connectivity index (χ0n) is 22.6. The molecule has 0 aliphatic carbocycles. The zero-order valence-corrected chi connectivity index (χ0v) is 24.2. The topological polar surface area (TPSA) is 216 Å². The molecule has 224 valence electrons. The third-order valence-electron chi connectivity index (χ3n) is 6.34. The molecule has 5 aromatic rings. The molecule has 0 aromatic heterocycles. The van der Waals surface area contributed by atoms with Gasteiger partial charge in [-0.2, -0.15) is 32.2 Å². The number of phenolic OH excluding ortho intramolecular Hbond substituents is 1. The molecule has 0 fully saturated rings. The van der Waals surface area contributed by atoms with Gasteiger partial charge in [-0.15, -0.1) is 5.11 Å². The van der Waals surface area contributed by atoms with E-state index in [2.05, 4.69) is 25.8 Å². The Morgan fingerprint density at radius 2 is 1.20 bits per heavy atom. The van der Waals surface area contributed by atoms with Gasteiger partial charge in [0.2, 0.25) is 0 Å². The highest BCUT2D eigenvalue weighted by Crippen LogP contribution is 2.42. The van der Waals surface area contributed by atoms with Crippen LogP contribution in [0.1, 0.15) is 5.56 Å². The summed E-state index contributed by atoms with van der Waals surface area (Å²) in [6, 6.07) is 24.7. The number of hydrogen-bond acceptors (Lipinski definition) is 11. The first-order valence-corrected chi connectivity index (χ1v) is 15.6. The van der Waals surface area contributed by atoms with E-state index in [1.807, 2.05) is 12.1 Å². The lowest BCUT2D eigenvalue weighted by Gasteiger charge is -2.12. The standard InChI is InChI=1S/C29H24N6O7S2/c30-20-3-1-18(2-4-20)17-31-24-11-14-26-19(15-24)16-27(44(40,41)42)28(29(26)36)35-34-22-7-5-21(6-8-22)32-33-23-9-12-25(13-10-23)43(37,38)39/h1-16,31,36H,17,30H2,(H,37,38,39)(H,40,41,42). The fraction of sp³-hybridized carbons (Fsp3) is 0.0345.